The molecule has 1 saturated heterocycles. The van der Waals surface area contributed by atoms with E-state index in [9.17, 15) is 18.0 Å². The second kappa shape index (κ2) is 10.8. The minimum absolute atomic E-state index is 0.192. The van der Waals surface area contributed by atoms with Crippen LogP contribution in [0.1, 0.15) is 83.4 Å². The van der Waals surface area contributed by atoms with Crippen LogP contribution in [0.2, 0.25) is 0 Å². The van der Waals surface area contributed by atoms with Gasteiger partial charge in [0.2, 0.25) is 0 Å². The number of benzene rings is 2. The molecule has 4 rings (SSSR count). The maximum absolute atomic E-state index is 13.4. The maximum Gasteiger partial charge on any atom is 0.573 e. The second-order valence-corrected chi connectivity index (χ2v) is 11.4. The van der Waals surface area contributed by atoms with Crippen molar-refractivity contribution in [1.29, 1.82) is 0 Å². The van der Waals surface area contributed by atoms with E-state index in [-0.39, 0.29) is 23.7 Å². The zero-order valence-electron chi connectivity index (χ0n) is 22.4. The smallest absolute Gasteiger partial charge is 0.491 e. The van der Waals surface area contributed by atoms with E-state index in [1.165, 1.54) is 18.2 Å². The van der Waals surface area contributed by atoms with Crippen molar-refractivity contribution in [2.75, 3.05) is 0 Å². The van der Waals surface area contributed by atoms with Crippen molar-refractivity contribution in [3.63, 3.8) is 0 Å². The Morgan fingerprint density at radius 1 is 1.11 bits per heavy atom. The van der Waals surface area contributed by atoms with Crippen molar-refractivity contribution in [3.8, 4) is 11.5 Å². The van der Waals surface area contributed by atoms with Crippen molar-refractivity contribution in [2.24, 2.45) is 5.92 Å². The highest BCUT2D eigenvalue weighted by Crippen LogP contribution is 2.54. The van der Waals surface area contributed by atoms with E-state index in [4.69, 9.17) is 14.3 Å². The van der Waals surface area contributed by atoms with Crippen LogP contribution in [-0.2, 0) is 14.4 Å². The molecule has 2 fully saturated rings. The second-order valence-electron chi connectivity index (χ2n) is 11.4. The first-order chi connectivity index (χ1) is 17.8. The summed E-state index contributed by atoms with van der Waals surface area (Å²) in [4.78, 5) is 19.8. The van der Waals surface area contributed by atoms with Crippen molar-refractivity contribution < 1.29 is 37.0 Å². The van der Waals surface area contributed by atoms with Crippen LogP contribution in [0.5, 0.6) is 11.5 Å². The number of esters is 1. The average molecular weight is 536 g/mol. The molecule has 1 N–H and O–H groups in total. The fourth-order valence-electron chi connectivity index (χ4n) is 5.63. The van der Waals surface area contributed by atoms with Gasteiger partial charge in [-0.05, 0) is 77.6 Å². The molecular formula is C29H36F3NO5. The first-order valence-corrected chi connectivity index (χ1v) is 13.0. The van der Waals surface area contributed by atoms with Gasteiger partial charge in [0.05, 0.1) is 23.7 Å². The van der Waals surface area contributed by atoms with E-state index in [1.807, 2.05) is 65.0 Å². The van der Waals surface area contributed by atoms with E-state index in [0.29, 0.717) is 30.6 Å². The van der Waals surface area contributed by atoms with E-state index in [1.54, 1.807) is 0 Å². The molecule has 1 spiro atoms. The van der Waals surface area contributed by atoms with Crippen molar-refractivity contribution >= 4 is 5.97 Å². The molecule has 1 aliphatic heterocycles. The molecule has 0 bridgehead atoms. The summed E-state index contributed by atoms with van der Waals surface area (Å²) in [6.07, 6.45) is -2.51. The van der Waals surface area contributed by atoms with Crippen LogP contribution < -0.4 is 15.0 Å². The summed E-state index contributed by atoms with van der Waals surface area (Å²) >= 11 is 0. The highest BCUT2D eigenvalue weighted by atomic mass is 19.4. The Bertz CT molecular complexity index is 1120. The zero-order valence-corrected chi connectivity index (χ0v) is 22.4. The number of ether oxygens (including phenoxy) is 3. The highest BCUT2D eigenvalue weighted by Gasteiger charge is 2.55. The predicted molar refractivity (Wildman–Crippen MR) is 136 cm³/mol. The molecule has 38 heavy (non-hydrogen) atoms. The van der Waals surface area contributed by atoms with Crippen LogP contribution in [0.3, 0.4) is 0 Å². The number of hydrogen-bond donors (Lipinski definition) is 1. The Kier molecular flexibility index (Phi) is 8.00. The third-order valence-electron chi connectivity index (χ3n) is 6.86. The third-order valence-corrected chi connectivity index (χ3v) is 6.86. The first-order valence-electron chi connectivity index (χ1n) is 13.0. The number of hydrogen-bond acceptors (Lipinski definition) is 6. The molecule has 0 radical (unpaired) electrons. The van der Waals surface area contributed by atoms with Gasteiger partial charge in [-0.25, -0.2) is 0 Å². The van der Waals surface area contributed by atoms with Gasteiger partial charge < -0.3 is 14.2 Å². The first kappa shape index (κ1) is 28.2. The summed E-state index contributed by atoms with van der Waals surface area (Å²) in [5.41, 5.74) is 3.12. The van der Waals surface area contributed by atoms with Gasteiger partial charge in [0.1, 0.15) is 17.1 Å². The van der Waals surface area contributed by atoms with E-state index in [2.05, 4.69) is 10.2 Å². The lowest BCUT2D eigenvalue weighted by molar-refractivity contribution is -0.274. The predicted octanol–water partition coefficient (Wildman–Crippen LogP) is 7.00. The normalized spacial score (nSPS) is 26.0. The molecule has 2 aliphatic rings. The summed E-state index contributed by atoms with van der Waals surface area (Å²) in [5, 5.41) is 0. The van der Waals surface area contributed by atoms with E-state index >= 15 is 0 Å². The Morgan fingerprint density at radius 2 is 1.82 bits per heavy atom. The van der Waals surface area contributed by atoms with Crippen LogP contribution in [0, 0.1) is 5.92 Å². The van der Waals surface area contributed by atoms with Gasteiger partial charge >= 0.3 is 12.3 Å². The topological polar surface area (TPSA) is 66.0 Å². The lowest BCUT2D eigenvalue weighted by atomic mass is 9.64. The number of hydroxylamine groups is 1. The van der Waals surface area contributed by atoms with Gasteiger partial charge in [-0.3, -0.25) is 9.63 Å². The number of halogens is 3. The molecule has 4 atom stereocenters. The Hall–Kier alpha value is -2.78. The van der Waals surface area contributed by atoms with Gasteiger partial charge in [-0.2, -0.15) is 5.48 Å². The zero-order chi connectivity index (χ0) is 27.7. The van der Waals surface area contributed by atoms with Crippen molar-refractivity contribution in [2.45, 2.75) is 95.9 Å². The molecule has 0 aromatic heterocycles. The number of nitrogens with one attached hydrogen (secondary N) is 1. The summed E-state index contributed by atoms with van der Waals surface area (Å²) in [7, 11) is 0. The van der Waals surface area contributed by atoms with Gasteiger partial charge in [-0.15, -0.1) is 13.2 Å². The molecule has 208 valence electrons. The minimum Gasteiger partial charge on any atom is -0.491 e. The average Bonchev–Trinajstić information content (AvgIpc) is 3.22. The molecule has 2 aromatic rings. The Morgan fingerprint density at radius 3 is 2.45 bits per heavy atom. The maximum atomic E-state index is 13.4. The summed E-state index contributed by atoms with van der Waals surface area (Å²) in [6, 6.07) is 13.3. The molecule has 2 aromatic carbocycles. The number of alkyl halides is 3. The van der Waals surface area contributed by atoms with E-state index < -0.39 is 29.5 Å². The van der Waals surface area contributed by atoms with Crippen molar-refractivity contribution in [3.05, 3.63) is 59.7 Å². The Labute approximate surface area is 221 Å². The SMILES string of the molecule is CC(C)Oc1ccc(OC(F)(F)F)cc1[C@H]1C[C@@]2(CCCC(C(=O)OC(C)(C)C)[C@H]2c2ccccc2)ON1. The lowest BCUT2D eigenvalue weighted by Crippen LogP contribution is -2.47. The fourth-order valence-corrected chi connectivity index (χ4v) is 5.63. The molecule has 6 nitrogen and oxygen atoms in total. The molecule has 9 heteroatoms. The fraction of sp³-hybridized carbons (Fsp3) is 0.552. The largest absolute Gasteiger partial charge is 0.573 e. The van der Waals surface area contributed by atoms with Crippen LogP contribution in [0.15, 0.2) is 48.5 Å². The van der Waals surface area contributed by atoms with Crippen molar-refractivity contribution in [1.82, 2.24) is 5.48 Å². The monoisotopic (exact) mass is 535 g/mol. The highest BCUT2D eigenvalue weighted by molar-refractivity contribution is 5.75. The number of carbonyl (C=O) groups excluding carboxylic acids is 1. The molecule has 1 unspecified atom stereocenters. The van der Waals surface area contributed by atoms with Gasteiger partial charge in [-0.1, -0.05) is 30.3 Å². The number of carbonyl (C=O) groups is 1. The molecule has 1 aliphatic carbocycles. The molecule has 1 saturated carbocycles. The van der Waals surface area contributed by atoms with Crippen LogP contribution in [0.4, 0.5) is 13.2 Å². The quantitative estimate of drug-likeness (QED) is 0.402. The van der Waals surface area contributed by atoms with Gasteiger partial charge in [0.25, 0.3) is 0 Å². The van der Waals surface area contributed by atoms with Crippen LogP contribution in [0.25, 0.3) is 0 Å². The summed E-state index contributed by atoms with van der Waals surface area (Å²) in [6.45, 7) is 9.23. The van der Waals surface area contributed by atoms with E-state index in [0.717, 1.165) is 12.0 Å². The van der Waals surface area contributed by atoms with Gasteiger partial charge in [0.15, 0.2) is 0 Å². The Balaban J connectivity index is 1.71. The summed E-state index contributed by atoms with van der Waals surface area (Å²) < 4.78 is 54.9. The van der Waals surface area contributed by atoms with Crippen LogP contribution in [-0.4, -0.2) is 29.6 Å². The number of rotatable bonds is 6. The summed E-state index contributed by atoms with van der Waals surface area (Å²) in [5.74, 6) is -0.905. The van der Waals surface area contributed by atoms with Crippen LogP contribution >= 0.6 is 0 Å². The lowest BCUT2D eigenvalue weighted by Gasteiger charge is -2.44. The molecule has 1 heterocycles. The standard InChI is InChI=1S/C29H36F3NO5/c1-18(2)35-24-14-13-20(36-29(30,31)32)16-22(24)23-17-28(38-33-23)15-9-12-21(26(34)37-27(3,4)5)25(28)19-10-7-6-8-11-19/h6-8,10-11,13-14,16,18,21,23,25,33H,9,12,15,17H2,1-5H3/t21?,23-,25-,28-/m1/s1. The third kappa shape index (κ3) is 6.61. The van der Waals surface area contributed by atoms with Gasteiger partial charge in [0, 0.05) is 17.9 Å². The molecule has 0 amide bonds. The minimum atomic E-state index is -4.82. The molecular weight excluding hydrogens is 499 g/mol.